The Morgan fingerprint density at radius 2 is 2.17 bits per heavy atom. The summed E-state index contributed by atoms with van der Waals surface area (Å²) in [4.78, 5) is 11.7. The van der Waals surface area contributed by atoms with Gasteiger partial charge in [-0.2, -0.15) is 0 Å². The van der Waals surface area contributed by atoms with E-state index in [1.807, 2.05) is 6.20 Å². The summed E-state index contributed by atoms with van der Waals surface area (Å²) in [6.07, 6.45) is 5.15. The third-order valence-electron chi connectivity index (χ3n) is 4.05. The fraction of sp³-hybridized carbons (Fsp3) is 0.765. The van der Waals surface area contributed by atoms with Crippen LogP contribution in [0.25, 0.3) is 0 Å². The van der Waals surface area contributed by atoms with Gasteiger partial charge in [-0.15, -0.1) is 24.0 Å². The molecule has 0 atom stereocenters. The summed E-state index contributed by atoms with van der Waals surface area (Å²) in [6, 6.07) is 0. The largest absolute Gasteiger partial charge is 0.357 e. The average Bonchev–Trinajstić information content (AvgIpc) is 3.00. The van der Waals surface area contributed by atoms with Crippen molar-refractivity contribution >= 4 is 29.9 Å². The molecule has 0 bridgehead atoms. The molecule has 2 rings (SSSR count). The van der Waals surface area contributed by atoms with Gasteiger partial charge in [0.2, 0.25) is 0 Å². The zero-order valence-corrected chi connectivity index (χ0v) is 17.5. The lowest BCUT2D eigenvalue weighted by molar-refractivity contribution is 0.370. The van der Waals surface area contributed by atoms with E-state index in [9.17, 15) is 0 Å². The highest BCUT2D eigenvalue weighted by molar-refractivity contribution is 14.0. The van der Waals surface area contributed by atoms with Gasteiger partial charge in [-0.3, -0.25) is 0 Å². The first-order valence-corrected chi connectivity index (χ1v) is 8.44. The van der Waals surface area contributed by atoms with Gasteiger partial charge in [0.05, 0.1) is 0 Å². The Kier molecular flexibility index (Phi) is 7.83. The second-order valence-corrected chi connectivity index (χ2v) is 7.40. The number of imidazole rings is 1. The molecule has 1 N–H and O–H groups in total. The van der Waals surface area contributed by atoms with E-state index in [0.717, 1.165) is 38.0 Å². The number of rotatable bonds is 5. The van der Waals surface area contributed by atoms with Gasteiger partial charge in [-0.1, -0.05) is 27.7 Å². The third kappa shape index (κ3) is 5.97. The van der Waals surface area contributed by atoms with Gasteiger partial charge in [-0.05, 0) is 24.7 Å². The molecule has 0 aliphatic carbocycles. The number of guanidine groups is 1. The minimum absolute atomic E-state index is 0. The lowest BCUT2D eigenvalue weighted by Gasteiger charge is -2.23. The van der Waals surface area contributed by atoms with Gasteiger partial charge in [0.25, 0.3) is 0 Å². The van der Waals surface area contributed by atoms with Gasteiger partial charge >= 0.3 is 0 Å². The van der Waals surface area contributed by atoms with Crippen LogP contribution in [0.15, 0.2) is 17.4 Å². The smallest absolute Gasteiger partial charge is 0.194 e. The molecule has 0 unspecified atom stereocenters. The number of hydrogen-bond donors (Lipinski definition) is 1. The summed E-state index contributed by atoms with van der Waals surface area (Å²) in [5, 5.41) is 3.42. The highest BCUT2D eigenvalue weighted by Gasteiger charge is 2.30. The summed E-state index contributed by atoms with van der Waals surface area (Å²) >= 11 is 0. The Bertz CT molecular complexity index is 507. The summed E-state index contributed by atoms with van der Waals surface area (Å²) in [5.74, 6) is 2.68. The standard InChI is InChI=1S/C17H31N5.HI/c1-6-18-16(22-9-7-17(4,5)13-22)20-11-15-19-8-10-21(15)12-14(2)3;/h8,10,14H,6-7,9,11-13H2,1-5H3,(H,18,20);1H. The number of halogens is 1. The molecule has 132 valence electrons. The molecule has 5 nitrogen and oxygen atoms in total. The summed E-state index contributed by atoms with van der Waals surface area (Å²) in [5.41, 5.74) is 0.381. The molecule has 0 saturated carbocycles. The first kappa shape index (κ1) is 20.3. The molecule has 1 aliphatic heterocycles. The van der Waals surface area contributed by atoms with E-state index in [1.54, 1.807) is 0 Å². The molecule has 0 aromatic carbocycles. The van der Waals surface area contributed by atoms with Crippen LogP contribution in [0.1, 0.15) is 46.9 Å². The predicted octanol–water partition coefficient (Wildman–Crippen LogP) is 3.35. The molecule has 1 aromatic rings. The molecule has 23 heavy (non-hydrogen) atoms. The maximum atomic E-state index is 4.82. The Labute approximate surface area is 158 Å². The SMILES string of the molecule is CCNC(=NCc1nccn1CC(C)C)N1CCC(C)(C)C1.I. The molecule has 2 heterocycles. The van der Waals surface area contributed by atoms with E-state index in [4.69, 9.17) is 4.99 Å². The van der Waals surface area contributed by atoms with Crippen molar-refractivity contribution < 1.29 is 0 Å². The number of nitrogens with zero attached hydrogens (tertiary/aromatic N) is 4. The zero-order chi connectivity index (χ0) is 16.2. The van der Waals surface area contributed by atoms with E-state index < -0.39 is 0 Å². The molecule has 1 aliphatic rings. The van der Waals surface area contributed by atoms with E-state index in [2.05, 4.69) is 60.6 Å². The van der Waals surface area contributed by atoms with E-state index in [-0.39, 0.29) is 24.0 Å². The molecular weight excluding hydrogens is 401 g/mol. The first-order chi connectivity index (χ1) is 10.4. The Morgan fingerprint density at radius 3 is 2.74 bits per heavy atom. The van der Waals surface area contributed by atoms with Gasteiger partial charge in [0, 0.05) is 38.6 Å². The molecule has 0 amide bonds. The van der Waals surface area contributed by atoms with Crippen molar-refractivity contribution in [1.82, 2.24) is 19.8 Å². The number of nitrogens with one attached hydrogen (secondary N) is 1. The highest BCUT2D eigenvalue weighted by Crippen LogP contribution is 2.28. The van der Waals surface area contributed by atoms with Gasteiger partial charge in [0.15, 0.2) is 5.96 Å². The van der Waals surface area contributed by atoms with Gasteiger partial charge in [-0.25, -0.2) is 9.98 Å². The monoisotopic (exact) mass is 433 g/mol. The topological polar surface area (TPSA) is 45.5 Å². The number of aromatic nitrogens is 2. The second-order valence-electron chi connectivity index (χ2n) is 7.40. The van der Waals surface area contributed by atoms with Crippen LogP contribution in [-0.4, -0.2) is 40.0 Å². The van der Waals surface area contributed by atoms with Crippen LogP contribution in [0.5, 0.6) is 0 Å². The average molecular weight is 433 g/mol. The number of hydrogen-bond acceptors (Lipinski definition) is 2. The molecular formula is C17H32IN5. The molecule has 1 saturated heterocycles. The van der Waals surface area contributed by atoms with Gasteiger partial charge in [0.1, 0.15) is 12.4 Å². The van der Waals surface area contributed by atoms with E-state index >= 15 is 0 Å². The molecule has 0 radical (unpaired) electrons. The van der Waals surface area contributed by atoms with Crippen molar-refractivity contribution in [3.05, 3.63) is 18.2 Å². The number of aliphatic imine (C=N–C) groups is 1. The van der Waals surface area contributed by atoms with Crippen LogP contribution < -0.4 is 5.32 Å². The van der Waals surface area contributed by atoms with Crippen molar-refractivity contribution in [2.24, 2.45) is 16.3 Å². The van der Waals surface area contributed by atoms with Crippen LogP contribution in [0.3, 0.4) is 0 Å². The predicted molar refractivity (Wildman–Crippen MR) is 107 cm³/mol. The van der Waals surface area contributed by atoms with Crippen LogP contribution >= 0.6 is 24.0 Å². The minimum atomic E-state index is 0. The maximum Gasteiger partial charge on any atom is 0.194 e. The lowest BCUT2D eigenvalue weighted by Crippen LogP contribution is -2.40. The summed E-state index contributed by atoms with van der Waals surface area (Å²) in [7, 11) is 0. The van der Waals surface area contributed by atoms with Crippen LogP contribution in [0.2, 0.25) is 0 Å². The normalized spacial score (nSPS) is 17.5. The number of likely N-dealkylation sites (tertiary alicyclic amines) is 1. The van der Waals surface area contributed by atoms with Crippen molar-refractivity contribution in [2.45, 2.75) is 54.1 Å². The third-order valence-corrected chi connectivity index (χ3v) is 4.05. The Morgan fingerprint density at radius 1 is 1.43 bits per heavy atom. The Hall–Kier alpha value is -0.790. The molecule has 1 aromatic heterocycles. The van der Waals surface area contributed by atoms with Crippen molar-refractivity contribution in [2.75, 3.05) is 19.6 Å². The zero-order valence-electron chi connectivity index (χ0n) is 15.2. The molecule has 6 heteroatoms. The van der Waals surface area contributed by atoms with Crippen LogP contribution in [0, 0.1) is 11.3 Å². The summed E-state index contributed by atoms with van der Waals surface area (Å²) in [6.45, 7) is 15.9. The first-order valence-electron chi connectivity index (χ1n) is 8.44. The van der Waals surface area contributed by atoms with E-state index in [0.29, 0.717) is 17.9 Å². The molecule has 1 fully saturated rings. The summed E-state index contributed by atoms with van der Waals surface area (Å²) < 4.78 is 2.21. The van der Waals surface area contributed by atoms with Crippen molar-refractivity contribution in [1.29, 1.82) is 0 Å². The second kappa shape index (κ2) is 8.89. The van der Waals surface area contributed by atoms with Gasteiger partial charge < -0.3 is 14.8 Å². The van der Waals surface area contributed by atoms with Crippen molar-refractivity contribution in [3.63, 3.8) is 0 Å². The van der Waals surface area contributed by atoms with E-state index in [1.165, 1.54) is 6.42 Å². The van der Waals surface area contributed by atoms with Crippen LogP contribution in [0.4, 0.5) is 0 Å². The highest BCUT2D eigenvalue weighted by atomic mass is 127. The van der Waals surface area contributed by atoms with Crippen LogP contribution in [-0.2, 0) is 13.1 Å². The quantitative estimate of drug-likeness (QED) is 0.440. The fourth-order valence-electron chi connectivity index (χ4n) is 2.92. The maximum absolute atomic E-state index is 4.82. The molecule has 0 spiro atoms. The van der Waals surface area contributed by atoms with Crippen molar-refractivity contribution in [3.8, 4) is 0 Å². The Balaban J connectivity index is 0.00000264. The fourth-order valence-corrected chi connectivity index (χ4v) is 2.92. The minimum Gasteiger partial charge on any atom is -0.357 e. The lowest BCUT2D eigenvalue weighted by atomic mass is 9.93.